The van der Waals surface area contributed by atoms with Crippen LogP contribution in [0.1, 0.15) is 20.1 Å². The van der Waals surface area contributed by atoms with Crippen LogP contribution in [0.15, 0.2) is 16.9 Å². The van der Waals surface area contributed by atoms with Gasteiger partial charge in [0.05, 0.1) is 0 Å². The molecule has 1 aromatic rings. The summed E-state index contributed by atoms with van der Waals surface area (Å²) in [5, 5.41) is 4.14. The molecule has 0 saturated carbocycles. The van der Waals surface area contributed by atoms with Crippen molar-refractivity contribution in [2.24, 2.45) is 0 Å². The van der Waals surface area contributed by atoms with Crippen LogP contribution in [-0.4, -0.2) is 16.4 Å². The third-order valence-electron chi connectivity index (χ3n) is 1.36. The van der Waals surface area contributed by atoms with Crippen LogP contribution in [0, 0.1) is 0 Å². The third kappa shape index (κ3) is 2.31. The molecular weight excluding hydrogens is 208 g/mol. The number of rotatable bonds is 3. The second-order valence-electron chi connectivity index (χ2n) is 2.17. The zero-order valence-corrected chi connectivity index (χ0v) is 8.21. The van der Waals surface area contributed by atoms with E-state index in [1.807, 2.05) is 26.1 Å². The van der Waals surface area contributed by atoms with E-state index in [0.29, 0.717) is 6.61 Å². The predicted molar refractivity (Wildman–Crippen MR) is 46.3 cm³/mol. The lowest BCUT2D eigenvalue weighted by Gasteiger charge is -2.10. The van der Waals surface area contributed by atoms with E-state index in [9.17, 15) is 0 Å². The van der Waals surface area contributed by atoms with Gasteiger partial charge in [0.25, 0.3) is 0 Å². The van der Waals surface area contributed by atoms with Crippen molar-refractivity contribution in [3.8, 4) is 0 Å². The van der Waals surface area contributed by atoms with Gasteiger partial charge < -0.3 is 4.74 Å². The molecule has 0 N–H and O–H groups in total. The standard InChI is InChI=1S/C7H11BrN2O/c1-3-11-6(2)10-5-4-7(8)9-10/h4-6H,3H2,1-2H3/t6-/m1/s1. The number of hydrogen-bond acceptors (Lipinski definition) is 2. The lowest BCUT2D eigenvalue weighted by Crippen LogP contribution is -2.09. The van der Waals surface area contributed by atoms with E-state index in [4.69, 9.17) is 4.74 Å². The maximum absolute atomic E-state index is 5.32. The van der Waals surface area contributed by atoms with Crippen LogP contribution in [0.5, 0.6) is 0 Å². The molecule has 0 unspecified atom stereocenters. The topological polar surface area (TPSA) is 27.1 Å². The summed E-state index contributed by atoms with van der Waals surface area (Å²) >= 11 is 3.26. The highest BCUT2D eigenvalue weighted by atomic mass is 79.9. The molecule has 1 aromatic heterocycles. The fourth-order valence-corrected chi connectivity index (χ4v) is 1.14. The van der Waals surface area contributed by atoms with Gasteiger partial charge in [0.2, 0.25) is 0 Å². The molecule has 11 heavy (non-hydrogen) atoms. The Morgan fingerprint density at radius 2 is 2.55 bits per heavy atom. The highest BCUT2D eigenvalue weighted by Gasteiger charge is 2.03. The summed E-state index contributed by atoms with van der Waals surface area (Å²) in [5.74, 6) is 0. The number of aromatic nitrogens is 2. The Morgan fingerprint density at radius 3 is 3.00 bits per heavy atom. The maximum atomic E-state index is 5.32. The van der Waals surface area contributed by atoms with E-state index >= 15 is 0 Å². The number of ether oxygens (including phenoxy) is 1. The molecule has 1 heterocycles. The average molecular weight is 219 g/mol. The molecule has 0 aliphatic carbocycles. The summed E-state index contributed by atoms with van der Waals surface area (Å²) in [6.45, 7) is 4.64. The fourth-order valence-electron chi connectivity index (χ4n) is 0.835. The van der Waals surface area contributed by atoms with Crippen LogP contribution < -0.4 is 0 Å². The van der Waals surface area contributed by atoms with Crippen molar-refractivity contribution < 1.29 is 4.74 Å². The second-order valence-corrected chi connectivity index (χ2v) is 2.99. The quantitative estimate of drug-likeness (QED) is 0.779. The Labute approximate surface area is 74.5 Å². The van der Waals surface area contributed by atoms with Gasteiger partial charge in [0, 0.05) is 12.8 Å². The van der Waals surface area contributed by atoms with E-state index in [1.165, 1.54) is 0 Å². The Balaban J connectivity index is 2.60. The van der Waals surface area contributed by atoms with Crippen LogP contribution in [0.3, 0.4) is 0 Å². The first-order valence-corrected chi connectivity index (χ1v) is 4.35. The zero-order valence-electron chi connectivity index (χ0n) is 6.62. The van der Waals surface area contributed by atoms with Gasteiger partial charge in [-0.3, -0.25) is 0 Å². The van der Waals surface area contributed by atoms with Gasteiger partial charge in [-0.1, -0.05) is 0 Å². The Hall–Kier alpha value is -0.350. The molecule has 0 aliphatic rings. The number of hydrogen-bond donors (Lipinski definition) is 0. The van der Waals surface area contributed by atoms with Gasteiger partial charge in [0.15, 0.2) is 0 Å². The molecule has 0 aliphatic heterocycles. The Kier molecular flexibility index (Phi) is 3.08. The summed E-state index contributed by atoms with van der Waals surface area (Å²) in [6, 6.07) is 1.88. The highest BCUT2D eigenvalue weighted by molar-refractivity contribution is 9.10. The van der Waals surface area contributed by atoms with Crippen molar-refractivity contribution in [2.45, 2.75) is 20.1 Å². The molecular formula is C7H11BrN2O. The van der Waals surface area contributed by atoms with E-state index in [0.717, 1.165) is 4.60 Å². The first-order chi connectivity index (χ1) is 5.24. The maximum Gasteiger partial charge on any atom is 0.147 e. The van der Waals surface area contributed by atoms with Crippen molar-refractivity contribution in [1.82, 2.24) is 9.78 Å². The molecule has 1 atom stereocenters. The largest absolute Gasteiger partial charge is 0.357 e. The first-order valence-electron chi connectivity index (χ1n) is 3.56. The normalized spacial score (nSPS) is 13.4. The molecule has 0 radical (unpaired) electrons. The van der Waals surface area contributed by atoms with Gasteiger partial charge in [-0.05, 0) is 35.8 Å². The number of nitrogens with zero attached hydrogens (tertiary/aromatic N) is 2. The van der Waals surface area contributed by atoms with Crippen LogP contribution in [0.4, 0.5) is 0 Å². The summed E-state index contributed by atoms with van der Waals surface area (Å²) in [7, 11) is 0. The molecule has 0 aromatic carbocycles. The van der Waals surface area contributed by atoms with Gasteiger partial charge >= 0.3 is 0 Å². The van der Waals surface area contributed by atoms with Crippen molar-refractivity contribution in [3.63, 3.8) is 0 Å². The van der Waals surface area contributed by atoms with Crippen molar-refractivity contribution in [1.29, 1.82) is 0 Å². The molecule has 3 nitrogen and oxygen atoms in total. The van der Waals surface area contributed by atoms with Gasteiger partial charge in [-0.15, -0.1) is 0 Å². The minimum Gasteiger partial charge on any atom is -0.357 e. The molecule has 0 bridgehead atoms. The van der Waals surface area contributed by atoms with Crippen LogP contribution in [0.2, 0.25) is 0 Å². The Morgan fingerprint density at radius 1 is 1.82 bits per heavy atom. The predicted octanol–water partition coefficient (Wildman–Crippen LogP) is 2.20. The van der Waals surface area contributed by atoms with Gasteiger partial charge in [-0.2, -0.15) is 5.10 Å². The van der Waals surface area contributed by atoms with E-state index < -0.39 is 0 Å². The molecule has 0 fully saturated rings. The summed E-state index contributed by atoms with van der Waals surface area (Å²) in [5.41, 5.74) is 0. The average Bonchev–Trinajstić information content (AvgIpc) is 2.36. The van der Waals surface area contributed by atoms with Gasteiger partial charge in [-0.25, -0.2) is 4.68 Å². The monoisotopic (exact) mass is 218 g/mol. The molecule has 0 spiro atoms. The molecule has 0 amide bonds. The first kappa shape index (κ1) is 8.74. The molecule has 1 rings (SSSR count). The zero-order chi connectivity index (χ0) is 8.27. The van der Waals surface area contributed by atoms with Gasteiger partial charge in [0.1, 0.15) is 10.8 Å². The highest BCUT2D eigenvalue weighted by Crippen LogP contribution is 2.10. The second kappa shape index (κ2) is 3.88. The van der Waals surface area contributed by atoms with E-state index in [1.54, 1.807) is 4.68 Å². The minimum atomic E-state index is 0.0197. The van der Waals surface area contributed by atoms with Crippen molar-refractivity contribution >= 4 is 15.9 Å². The van der Waals surface area contributed by atoms with Crippen molar-refractivity contribution in [3.05, 3.63) is 16.9 Å². The van der Waals surface area contributed by atoms with E-state index in [-0.39, 0.29) is 6.23 Å². The lowest BCUT2D eigenvalue weighted by atomic mass is 10.6. The lowest BCUT2D eigenvalue weighted by molar-refractivity contribution is 0.0157. The SMILES string of the molecule is CCO[C@H](C)n1ccc(Br)n1. The van der Waals surface area contributed by atoms with Crippen LogP contribution >= 0.6 is 15.9 Å². The summed E-state index contributed by atoms with van der Waals surface area (Å²) in [4.78, 5) is 0. The summed E-state index contributed by atoms with van der Waals surface area (Å²) < 4.78 is 7.93. The Bertz CT molecular complexity index is 224. The smallest absolute Gasteiger partial charge is 0.147 e. The molecule has 62 valence electrons. The summed E-state index contributed by atoms with van der Waals surface area (Å²) in [6.07, 6.45) is 1.90. The number of halogens is 1. The van der Waals surface area contributed by atoms with E-state index in [2.05, 4.69) is 21.0 Å². The van der Waals surface area contributed by atoms with Crippen LogP contribution in [0.25, 0.3) is 0 Å². The third-order valence-corrected chi connectivity index (χ3v) is 1.78. The molecule has 0 saturated heterocycles. The van der Waals surface area contributed by atoms with Crippen molar-refractivity contribution in [2.75, 3.05) is 6.61 Å². The minimum absolute atomic E-state index is 0.0197. The van der Waals surface area contributed by atoms with Crippen LogP contribution in [-0.2, 0) is 4.74 Å². The molecule has 4 heteroatoms. The fraction of sp³-hybridized carbons (Fsp3) is 0.571.